The molecule has 7 nitrogen and oxygen atoms in total. The van der Waals surface area contributed by atoms with Crippen LogP contribution in [0.2, 0.25) is 0 Å². The zero-order valence-electron chi connectivity index (χ0n) is 19.9. The molecule has 0 spiro atoms. The van der Waals surface area contributed by atoms with E-state index in [0.29, 0.717) is 37.3 Å². The highest BCUT2D eigenvalue weighted by Crippen LogP contribution is 2.35. The zero-order valence-corrected chi connectivity index (χ0v) is 20.7. The van der Waals surface area contributed by atoms with Gasteiger partial charge < -0.3 is 5.32 Å². The Hall–Kier alpha value is -2.71. The van der Waals surface area contributed by atoms with E-state index in [-0.39, 0.29) is 16.7 Å². The Morgan fingerprint density at radius 2 is 1.62 bits per heavy atom. The van der Waals surface area contributed by atoms with Crippen LogP contribution in [-0.2, 0) is 39.0 Å². The van der Waals surface area contributed by atoms with Crippen LogP contribution in [0, 0.1) is 0 Å². The van der Waals surface area contributed by atoms with E-state index in [4.69, 9.17) is 0 Å². The van der Waals surface area contributed by atoms with Gasteiger partial charge in [-0.2, -0.15) is 4.31 Å². The molecule has 182 valence electrons. The van der Waals surface area contributed by atoms with Gasteiger partial charge >= 0.3 is 0 Å². The lowest BCUT2D eigenvalue weighted by atomic mass is 10.1. The van der Waals surface area contributed by atoms with Crippen molar-refractivity contribution in [3.8, 4) is 0 Å². The topological polar surface area (TPSA) is 86.8 Å². The molecule has 1 fully saturated rings. The minimum Gasteiger partial charge on any atom is -0.350 e. The maximum atomic E-state index is 13.2. The highest BCUT2D eigenvalue weighted by Gasteiger charge is 2.38. The van der Waals surface area contributed by atoms with Crippen molar-refractivity contribution in [2.24, 2.45) is 0 Å². The van der Waals surface area contributed by atoms with E-state index in [9.17, 15) is 18.0 Å². The molecule has 0 bridgehead atoms. The predicted molar refractivity (Wildman–Crippen MR) is 132 cm³/mol. The van der Waals surface area contributed by atoms with E-state index in [1.807, 2.05) is 24.3 Å². The van der Waals surface area contributed by atoms with Gasteiger partial charge in [-0.3, -0.25) is 14.5 Å². The zero-order chi connectivity index (χ0) is 24.3. The van der Waals surface area contributed by atoms with Gasteiger partial charge in [0.25, 0.3) is 0 Å². The Labute approximate surface area is 202 Å². The van der Waals surface area contributed by atoms with Crippen LogP contribution in [0.15, 0.2) is 47.4 Å². The fraction of sp³-hybridized carbons (Fsp3) is 0.462. The SMILES string of the molecule is CCc1ccc(CNC(=O)[C@@H]2Cc3cc(S(=O)(=O)N4CCCCCC4)ccc3N2C(C)=O)cc1. The molecular weight excluding hydrogens is 450 g/mol. The number of anilines is 1. The summed E-state index contributed by atoms with van der Waals surface area (Å²) in [6.07, 6.45) is 5.07. The molecule has 0 saturated carbocycles. The maximum Gasteiger partial charge on any atom is 0.243 e. The standard InChI is InChI=1S/C26H33N3O4S/c1-3-20-8-10-21(11-9-20)18-27-26(31)25-17-22-16-23(12-13-24(22)29(25)19(2)30)34(32,33)28-14-6-4-5-7-15-28/h8-13,16,25H,3-7,14-15,17-18H2,1-2H3,(H,27,31)/t25-/m0/s1. The third-order valence-electron chi connectivity index (χ3n) is 6.78. The molecule has 2 aromatic rings. The van der Waals surface area contributed by atoms with Gasteiger partial charge in [-0.05, 0) is 54.2 Å². The summed E-state index contributed by atoms with van der Waals surface area (Å²) in [4.78, 5) is 27.2. The van der Waals surface area contributed by atoms with Crippen LogP contribution in [0.25, 0.3) is 0 Å². The summed E-state index contributed by atoms with van der Waals surface area (Å²) in [6.45, 7) is 4.96. The van der Waals surface area contributed by atoms with E-state index < -0.39 is 16.1 Å². The van der Waals surface area contributed by atoms with E-state index in [0.717, 1.165) is 37.7 Å². The van der Waals surface area contributed by atoms with Gasteiger partial charge in [-0.25, -0.2) is 8.42 Å². The first-order chi connectivity index (χ1) is 16.3. The number of nitrogens with one attached hydrogen (secondary N) is 1. The molecule has 8 heteroatoms. The average Bonchev–Trinajstić information content (AvgIpc) is 3.00. The molecular formula is C26H33N3O4S. The molecule has 0 unspecified atom stereocenters. The van der Waals surface area contributed by atoms with Gasteiger partial charge in [0.1, 0.15) is 6.04 Å². The molecule has 1 N–H and O–H groups in total. The molecule has 2 amide bonds. The monoisotopic (exact) mass is 483 g/mol. The van der Waals surface area contributed by atoms with Gasteiger partial charge in [-0.15, -0.1) is 0 Å². The first-order valence-electron chi connectivity index (χ1n) is 12.1. The number of hydrogen-bond acceptors (Lipinski definition) is 4. The highest BCUT2D eigenvalue weighted by molar-refractivity contribution is 7.89. The Kier molecular flexibility index (Phi) is 7.38. The fourth-order valence-corrected chi connectivity index (χ4v) is 6.39. The summed E-state index contributed by atoms with van der Waals surface area (Å²) in [5.74, 6) is -0.489. The Morgan fingerprint density at radius 1 is 0.971 bits per heavy atom. The van der Waals surface area contributed by atoms with Crippen LogP contribution in [0.1, 0.15) is 56.2 Å². The van der Waals surface area contributed by atoms with E-state index >= 15 is 0 Å². The third kappa shape index (κ3) is 5.03. The quantitative estimate of drug-likeness (QED) is 0.682. The fourth-order valence-electron chi connectivity index (χ4n) is 4.82. The van der Waals surface area contributed by atoms with Crippen LogP contribution >= 0.6 is 0 Å². The van der Waals surface area contributed by atoms with Crippen molar-refractivity contribution < 1.29 is 18.0 Å². The van der Waals surface area contributed by atoms with Crippen LogP contribution in [0.5, 0.6) is 0 Å². The van der Waals surface area contributed by atoms with Crippen molar-refractivity contribution in [2.75, 3.05) is 18.0 Å². The van der Waals surface area contributed by atoms with Crippen molar-refractivity contribution in [1.29, 1.82) is 0 Å². The molecule has 0 radical (unpaired) electrons. The number of rotatable bonds is 6. The number of carbonyl (C=O) groups is 2. The third-order valence-corrected chi connectivity index (χ3v) is 8.67. The van der Waals surface area contributed by atoms with E-state index in [2.05, 4.69) is 12.2 Å². The van der Waals surface area contributed by atoms with Crippen molar-refractivity contribution in [1.82, 2.24) is 9.62 Å². The molecule has 2 aliphatic rings. The average molecular weight is 484 g/mol. The first-order valence-corrected chi connectivity index (χ1v) is 13.5. The summed E-state index contributed by atoms with van der Waals surface area (Å²) in [5, 5.41) is 2.94. The van der Waals surface area contributed by atoms with Gasteiger partial charge in [0.05, 0.1) is 4.90 Å². The number of amides is 2. The van der Waals surface area contributed by atoms with Crippen molar-refractivity contribution in [3.63, 3.8) is 0 Å². The second kappa shape index (κ2) is 10.3. The van der Waals surface area contributed by atoms with Crippen LogP contribution in [0.4, 0.5) is 5.69 Å². The van der Waals surface area contributed by atoms with E-state index in [1.165, 1.54) is 17.4 Å². The number of aryl methyl sites for hydroxylation is 1. The molecule has 2 heterocycles. The highest BCUT2D eigenvalue weighted by atomic mass is 32.2. The lowest BCUT2D eigenvalue weighted by molar-refractivity contribution is -0.125. The summed E-state index contributed by atoms with van der Waals surface area (Å²) in [5.41, 5.74) is 3.53. The normalized spacial score (nSPS) is 18.9. The summed E-state index contributed by atoms with van der Waals surface area (Å²) < 4.78 is 28.0. The van der Waals surface area contributed by atoms with Crippen molar-refractivity contribution in [2.45, 2.75) is 69.9 Å². The van der Waals surface area contributed by atoms with Crippen LogP contribution in [0.3, 0.4) is 0 Å². The summed E-state index contributed by atoms with van der Waals surface area (Å²) in [7, 11) is -3.61. The van der Waals surface area contributed by atoms with Crippen LogP contribution in [-0.4, -0.2) is 43.7 Å². The minimum atomic E-state index is -3.61. The summed E-state index contributed by atoms with van der Waals surface area (Å²) >= 11 is 0. The van der Waals surface area contributed by atoms with Crippen LogP contribution < -0.4 is 10.2 Å². The predicted octanol–water partition coefficient (Wildman–Crippen LogP) is 3.41. The first kappa shape index (κ1) is 24.4. The molecule has 2 aliphatic heterocycles. The molecule has 34 heavy (non-hydrogen) atoms. The van der Waals surface area contributed by atoms with E-state index in [1.54, 1.807) is 22.5 Å². The second-order valence-corrected chi connectivity index (χ2v) is 11.0. The largest absolute Gasteiger partial charge is 0.350 e. The Balaban J connectivity index is 1.52. The lowest BCUT2D eigenvalue weighted by Crippen LogP contribution is -2.47. The molecule has 1 atom stereocenters. The smallest absolute Gasteiger partial charge is 0.243 e. The van der Waals surface area contributed by atoms with Gasteiger partial charge in [0.2, 0.25) is 21.8 Å². The lowest BCUT2D eigenvalue weighted by Gasteiger charge is -2.24. The van der Waals surface area contributed by atoms with Gasteiger partial charge in [0, 0.05) is 38.7 Å². The van der Waals surface area contributed by atoms with Crippen molar-refractivity contribution in [3.05, 3.63) is 59.2 Å². The molecule has 4 rings (SSSR count). The maximum absolute atomic E-state index is 13.2. The molecule has 0 aromatic heterocycles. The number of hydrogen-bond donors (Lipinski definition) is 1. The number of sulfonamides is 1. The molecule has 1 saturated heterocycles. The number of fused-ring (bicyclic) bond motifs is 1. The number of carbonyl (C=O) groups excluding carboxylic acids is 2. The summed E-state index contributed by atoms with van der Waals surface area (Å²) in [6, 6.07) is 12.2. The number of benzene rings is 2. The molecule has 0 aliphatic carbocycles. The number of nitrogens with zero attached hydrogens (tertiary/aromatic N) is 2. The van der Waals surface area contributed by atoms with Gasteiger partial charge in [0.15, 0.2) is 0 Å². The second-order valence-electron chi connectivity index (χ2n) is 9.11. The Bertz CT molecular complexity index is 1150. The molecule has 2 aromatic carbocycles. The Morgan fingerprint density at radius 3 is 2.24 bits per heavy atom. The minimum absolute atomic E-state index is 0.230. The van der Waals surface area contributed by atoms with Crippen molar-refractivity contribution >= 4 is 27.5 Å². The van der Waals surface area contributed by atoms with Gasteiger partial charge in [-0.1, -0.05) is 44.0 Å².